The summed E-state index contributed by atoms with van der Waals surface area (Å²) in [6.45, 7) is 7.21. The Balaban J connectivity index is 1.79. The molecule has 1 unspecified atom stereocenters. The molecule has 0 bridgehead atoms. The molecule has 2 heterocycles. The molecule has 146 valence electrons. The van der Waals surface area contributed by atoms with Crippen molar-refractivity contribution < 1.29 is 14.3 Å². The van der Waals surface area contributed by atoms with Crippen LogP contribution in [0.5, 0.6) is 5.75 Å². The lowest BCUT2D eigenvalue weighted by Gasteiger charge is -2.31. The van der Waals surface area contributed by atoms with Gasteiger partial charge in [0.25, 0.3) is 0 Å². The molecule has 1 aromatic heterocycles. The van der Waals surface area contributed by atoms with Crippen molar-refractivity contribution in [2.75, 3.05) is 38.7 Å². The Morgan fingerprint density at radius 2 is 2.04 bits per heavy atom. The maximum Gasteiger partial charge on any atom is 0.227 e. The van der Waals surface area contributed by atoms with Gasteiger partial charge in [0.05, 0.1) is 31.6 Å². The highest BCUT2D eigenvalue weighted by molar-refractivity contribution is 5.95. The number of ether oxygens (including phenoxy) is 2. The number of benzene rings is 1. The first-order chi connectivity index (χ1) is 13.0. The van der Waals surface area contributed by atoms with Crippen LogP contribution < -0.4 is 10.1 Å². The van der Waals surface area contributed by atoms with Gasteiger partial charge in [0, 0.05) is 38.2 Å². The molecule has 2 aromatic rings. The standard InChI is InChI=1S/C20H28N4O3/c1-14(24-9-11-27-12-10-24)13-18(25)21-20-19(15(2)22-23(20)3)16-7-5-6-8-17(16)26-4/h5-8,14H,9-13H2,1-4H3,(H,21,25). The number of morpholine rings is 1. The molecule has 1 aliphatic rings. The fourth-order valence-corrected chi connectivity index (χ4v) is 3.57. The van der Waals surface area contributed by atoms with Gasteiger partial charge >= 0.3 is 0 Å². The number of nitrogens with one attached hydrogen (secondary N) is 1. The minimum atomic E-state index is -0.0202. The number of nitrogens with zero attached hydrogens (tertiary/aromatic N) is 3. The quantitative estimate of drug-likeness (QED) is 0.844. The fraction of sp³-hybridized carbons (Fsp3) is 0.500. The molecule has 1 saturated heterocycles. The topological polar surface area (TPSA) is 68.6 Å². The summed E-state index contributed by atoms with van der Waals surface area (Å²) in [5.74, 6) is 1.43. The lowest BCUT2D eigenvalue weighted by molar-refractivity contribution is -0.117. The maximum absolute atomic E-state index is 12.7. The van der Waals surface area contributed by atoms with E-state index in [1.807, 2.05) is 38.2 Å². The number of rotatable bonds is 6. The van der Waals surface area contributed by atoms with E-state index in [9.17, 15) is 4.79 Å². The van der Waals surface area contributed by atoms with Crippen molar-refractivity contribution >= 4 is 11.7 Å². The van der Waals surface area contributed by atoms with Crippen molar-refractivity contribution in [1.29, 1.82) is 0 Å². The number of para-hydroxylation sites is 1. The third-order valence-electron chi connectivity index (χ3n) is 5.01. The molecule has 1 aromatic carbocycles. The van der Waals surface area contributed by atoms with Crippen LogP contribution in [0.1, 0.15) is 19.0 Å². The maximum atomic E-state index is 12.7. The van der Waals surface area contributed by atoms with Gasteiger partial charge in [-0.2, -0.15) is 5.10 Å². The van der Waals surface area contributed by atoms with E-state index < -0.39 is 0 Å². The molecule has 0 spiro atoms. The van der Waals surface area contributed by atoms with Gasteiger partial charge < -0.3 is 14.8 Å². The van der Waals surface area contributed by atoms with Gasteiger partial charge in [-0.1, -0.05) is 18.2 Å². The van der Waals surface area contributed by atoms with Crippen LogP contribution in [-0.2, 0) is 16.6 Å². The first kappa shape index (κ1) is 19.4. The molecule has 0 radical (unpaired) electrons. The Morgan fingerprint density at radius 3 is 2.74 bits per heavy atom. The lowest BCUT2D eigenvalue weighted by atomic mass is 10.0. The summed E-state index contributed by atoms with van der Waals surface area (Å²) in [7, 11) is 3.49. The molecule has 27 heavy (non-hydrogen) atoms. The second kappa shape index (κ2) is 8.54. The zero-order valence-corrected chi connectivity index (χ0v) is 16.5. The minimum absolute atomic E-state index is 0.0202. The smallest absolute Gasteiger partial charge is 0.227 e. The van der Waals surface area contributed by atoms with Crippen LogP contribution in [0.25, 0.3) is 11.1 Å². The molecule has 1 aliphatic heterocycles. The summed E-state index contributed by atoms with van der Waals surface area (Å²) in [6.07, 6.45) is 0.426. The molecule has 1 atom stereocenters. The number of carbonyl (C=O) groups is 1. The number of carbonyl (C=O) groups excluding carboxylic acids is 1. The van der Waals surface area contributed by atoms with Gasteiger partial charge in [0.1, 0.15) is 11.6 Å². The van der Waals surface area contributed by atoms with Crippen molar-refractivity contribution in [3.05, 3.63) is 30.0 Å². The third-order valence-corrected chi connectivity index (χ3v) is 5.01. The van der Waals surface area contributed by atoms with E-state index in [0.717, 1.165) is 48.9 Å². The summed E-state index contributed by atoms with van der Waals surface area (Å²) >= 11 is 0. The van der Waals surface area contributed by atoms with Crippen molar-refractivity contribution in [2.45, 2.75) is 26.3 Å². The molecule has 7 nitrogen and oxygen atoms in total. The molecule has 1 fully saturated rings. The molecule has 3 rings (SSSR count). The predicted molar refractivity (Wildman–Crippen MR) is 105 cm³/mol. The number of amides is 1. The van der Waals surface area contributed by atoms with Crippen LogP contribution >= 0.6 is 0 Å². The van der Waals surface area contributed by atoms with Crippen LogP contribution in [0.4, 0.5) is 5.82 Å². The minimum Gasteiger partial charge on any atom is -0.496 e. The highest BCUT2D eigenvalue weighted by Crippen LogP contribution is 2.37. The zero-order chi connectivity index (χ0) is 19.4. The van der Waals surface area contributed by atoms with Crippen LogP contribution in [0, 0.1) is 6.92 Å². The highest BCUT2D eigenvalue weighted by atomic mass is 16.5. The van der Waals surface area contributed by atoms with Gasteiger partial charge in [0.15, 0.2) is 0 Å². The summed E-state index contributed by atoms with van der Waals surface area (Å²) in [5, 5.41) is 7.57. The molecule has 1 N–H and O–H groups in total. The van der Waals surface area contributed by atoms with Crippen LogP contribution in [0.15, 0.2) is 24.3 Å². The fourth-order valence-electron chi connectivity index (χ4n) is 3.57. The molecule has 0 saturated carbocycles. The predicted octanol–water partition coefficient (Wildman–Crippen LogP) is 2.45. The van der Waals surface area contributed by atoms with E-state index in [-0.39, 0.29) is 11.9 Å². The molecule has 7 heteroatoms. The number of aromatic nitrogens is 2. The Morgan fingerprint density at radius 1 is 1.33 bits per heavy atom. The van der Waals surface area contributed by atoms with Gasteiger partial charge in [-0.05, 0) is 19.9 Å². The molecular formula is C20H28N4O3. The second-order valence-electron chi connectivity index (χ2n) is 6.88. The second-order valence-corrected chi connectivity index (χ2v) is 6.88. The van der Waals surface area contributed by atoms with E-state index >= 15 is 0 Å². The first-order valence-electron chi connectivity index (χ1n) is 9.30. The Labute approximate surface area is 160 Å². The summed E-state index contributed by atoms with van der Waals surface area (Å²) in [4.78, 5) is 15.0. The average molecular weight is 372 g/mol. The van der Waals surface area contributed by atoms with E-state index in [1.54, 1.807) is 11.8 Å². The van der Waals surface area contributed by atoms with Gasteiger partial charge in [-0.15, -0.1) is 0 Å². The van der Waals surface area contributed by atoms with Crippen molar-refractivity contribution in [3.8, 4) is 16.9 Å². The Bertz CT molecular complexity index is 797. The number of anilines is 1. The zero-order valence-electron chi connectivity index (χ0n) is 16.5. The SMILES string of the molecule is COc1ccccc1-c1c(C)nn(C)c1NC(=O)CC(C)N1CCOCC1. The Hall–Kier alpha value is -2.38. The summed E-state index contributed by atoms with van der Waals surface area (Å²) in [6, 6.07) is 7.94. The third kappa shape index (κ3) is 4.31. The lowest BCUT2D eigenvalue weighted by Crippen LogP contribution is -2.43. The number of hydrogen-bond donors (Lipinski definition) is 1. The van der Waals surface area contributed by atoms with Crippen molar-refractivity contribution in [1.82, 2.24) is 14.7 Å². The van der Waals surface area contributed by atoms with E-state index in [0.29, 0.717) is 12.2 Å². The first-order valence-corrected chi connectivity index (χ1v) is 9.30. The van der Waals surface area contributed by atoms with Crippen LogP contribution in [-0.4, -0.2) is 60.0 Å². The Kier molecular flexibility index (Phi) is 6.13. The average Bonchev–Trinajstić information content (AvgIpc) is 2.95. The van der Waals surface area contributed by atoms with Gasteiger partial charge in [-0.25, -0.2) is 0 Å². The molecule has 1 amide bonds. The summed E-state index contributed by atoms with van der Waals surface area (Å²) < 4.78 is 12.6. The normalized spacial score (nSPS) is 16.1. The van der Waals surface area contributed by atoms with Gasteiger partial charge in [0.2, 0.25) is 5.91 Å². The monoisotopic (exact) mass is 372 g/mol. The van der Waals surface area contributed by atoms with E-state index in [1.165, 1.54) is 0 Å². The number of hydrogen-bond acceptors (Lipinski definition) is 5. The van der Waals surface area contributed by atoms with Crippen LogP contribution in [0.2, 0.25) is 0 Å². The van der Waals surface area contributed by atoms with E-state index in [4.69, 9.17) is 9.47 Å². The van der Waals surface area contributed by atoms with Crippen LogP contribution in [0.3, 0.4) is 0 Å². The highest BCUT2D eigenvalue weighted by Gasteiger charge is 2.23. The summed E-state index contributed by atoms with van der Waals surface area (Å²) in [5.41, 5.74) is 2.66. The number of aryl methyl sites for hydroxylation is 2. The van der Waals surface area contributed by atoms with Gasteiger partial charge in [-0.3, -0.25) is 14.4 Å². The van der Waals surface area contributed by atoms with Crippen molar-refractivity contribution in [2.24, 2.45) is 7.05 Å². The number of methoxy groups -OCH3 is 1. The molecule has 0 aliphatic carbocycles. The largest absolute Gasteiger partial charge is 0.496 e. The molecular weight excluding hydrogens is 344 g/mol. The van der Waals surface area contributed by atoms with E-state index in [2.05, 4.69) is 22.2 Å². The van der Waals surface area contributed by atoms with Crippen molar-refractivity contribution in [3.63, 3.8) is 0 Å².